The number of amides is 1. The first-order valence-corrected chi connectivity index (χ1v) is 11.6. The lowest BCUT2D eigenvalue weighted by atomic mass is 9.79. The van der Waals surface area contributed by atoms with Gasteiger partial charge in [0.05, 0.1) is 20.6 Å². The van der Waals surface area contributed by atoms with Gasteiger partial charge in [0.1, 0.15) is 0 Å². The summed E-state index contributed by atoms with van der Waals surface area (Å²) < 4.78 is 6.59. The first-order valence-electron chi connectivity index (χ1n) is 10.8. The quantitative estimate of drug-likeness (QED) is 0.366. The number of carbonyl (C=O) groups excluding carboxylic acids is 2. The first-order chi connectivity index (χ1) is 15.8. The molecule has 0 radical (unpaired) electrons. The summed E-state index contributed by atoms with van der Waals surface area (Å²) in [4.78, 5) is 30.5. The number of aryl methyl sites for hydroxylation is 2. The number of benzene rings is 3. The van der Waals surface area contributed by atoms with Crippen molar-refractivity contribution in [2.24, 2.45) is 0 Å². The highest BCUT2D eigenvalue weighted by Crippen LogP contribution is 2.33. The monoisotopic (exact) mass is 458 g/mol. The number of esters is 1. The van der Waals surface area contributed by atoms with Gasteiger partial charge in [0.2, 0.25) is 0 Å². The van der Waals surface area contributed by atoms with Gasteiger partial charge in [0.15, 0.2) is 6.61 Å². The minimum atomic E-state index is -0.976. The van der Waals surface area contributed by atoms with Gasteiger partial charge in [-0.2, -0.15) is 0 Å². The van der Waals surface area contributed by atoms with E-state index in [-0.39, 0.29) is 12.5 Å². The molecule has 0 spiro atoms. The number of hydrogen-bond acceptors (Lipinski definition) is 5. The van der Waals surface area contributed by atoms with Gasteiger partial charge in [-0.05, 0) is 61.7 Å². The molecule has 1 heterocycles. The molecule has 0 fully saturated rings. The Hall–Kier alpha value is -3.51. The zero-order chi connectivity index (χ0) is 23.4. The topological polar surface area (TPSA) is 68.3 Å². The van der Waals surface area contributed by atoms with E-state index in [0.717, 1.165) is 31.9 Å². The van der Waals surface area contributed by atoms with Crippen LogP contribution in [0.1, 0.15) is 28.6 Å². The van der Waals surface area contributed by atoms with E-state index >= 15 is 0 Å². The maximum atomic E-state index is 13.3. The molecule has 4 aromatic rings. The Morgan fingerprint density at radius 3 is 2.42 bits per heavy atom. The van der Waals surface area contributed by atoms with E-state index in [1.807, 2.05) is 93.6 Å². The molecule has 0 saturated heterocycles. The lowest BCUT2D eigenvalue weighted by Crippen LogP contribution is -2.38. The normalized spacial score (nSPS) is 12.8. The smallest absolute Gasteiger partial charge is 0.317 e. The van der Waals surface area contributed by atoms with Crippen LogP contribution in [0.4, 0.5) is 5.69 Å². The van der Waals surface area contributed by atoms with Crippen LogP contribution in [-0.4, -0.2) is 23.5 Å². The Bertz CT molecular complexity index is 1270. The average molecular weight is 459 g/mol. The molecule has 0 aliphatic carbocycles. The Morgan fingerprint density at radius 2 is 1.70 bits per heavy atom. The van der Waals surface area contributed by atoms with Crippen LogP contribution in [0.5, 0.6) is 0 Å². The van der Waals surface area contributed by atoms with Crippen molar-refractivity contribution in [2.75, 3.05) is 11.9 Å². The SMILES string of the molecule is Cc1ccc(NC(=O)COC(=O)[C@@](C)(Cc2nc3ccccc3s2)c2ccccc2)cc1C. The van der Waals surface area contributed by atoms with Crippen molar-refractivity contribution >= 4 is 39.1 Å². The van der Waals surface area contributed by atoms with Gasteiger partial charge in [0, 0.05) is 12.1 Å². The number of ether oxygens (including phenoxy) is 1. The highest BCUT2D eigenvalue weighted by atomic mass is 32.1. The fourth-order valence-corrected chi connectivity index (χ4v) is 4.83. The van der Waals surface area contributed by atoms with Crippen LogP contribution < -0.4 is 5.32 Å². The third-order valence-electron chi connectivity index (χ3n) is 5.83. The number of nitrogens with one attached hydrogen (secondary N) is 1. The molecule has 0 saturated carbocycles. The molecule has 168 valence electrons. The number of hydrogen-bond donors (Lipinski definition) is 1. The third kappa shape index (κ3) is 5.12. The van der Waals surface area contributed by atoms with E-state index < -0.39 is 11.4 Å². The van der Waals surface area contributed by atoms with Crippen molar-refractivity contribution in [3.8, 4) is 0 Å². The van der Waals surface area contributed by atoms with Gasteiger partial charge >= 0.3 is 5.97 Å². The summed E-state index contributed by atoms with van der Waals surface area (Å²) in [6, 6.07) is 23.1. The molecule has 1 aromatic heterocycles. The summed E-state index contributed by atoms with van der Waals surface area (Å²) in [5, 5.41) is 3.64. The number of anilines is 1. The van der Waals surface area contributed by atoms with Gasteiger partial charge in [0.25, 0.3) is 5.91 Å². The molecular formula is C27H26N2O3S. The molecular weight excluding hydrogens is 432 g/mol. The van der Waals surface area contributed by atoms with Gasteiger partial charge < -0.3 is 10.1 Å². The molecule has 1 atom stereocenters. The van der Waals surface area contributed by atoms with Crippen molar-refractivity contribution < 1.29 is 14.3 Å². The second kappa shape index (κ2) is 9.55. The summed E-state index contributed by atoms with van der Waals surface area (Å²) >= 11 is 1.57. The molecule has 0 unspecified atom stereocenters. The number of thiazole rings is 1. The zero-order valence-corrected chi connectivity index (χ0v) is 19.7. The first kappa shape index (κ1) is 22.7. The standard InChI is InChI=1S/C27H26N2O3S/c1-18-13-14-21(15-19(18)2)28-24(30)17-32-26(31)27(3,20-9-5-4-6-10-20)16-25-29-22-11-7-8-12-23(22)33-25/h4-15H,16-17H2,1-3H3,(H,28,30)/t27-/m0/s1. The fraction of sp³-hybridized carbons (Fsp3) is 0.222. The number of rotatable bonds is 7. The predicted molar refractivity (Wildman–Crippen MR) is 133 cm³/mol. The van der Waals surface area contributed by atoms with Crippen LogP contribution in [0.2, 0.25) is 0 Å². The Labute approximate surface area is 197 Å². The summed E-state index contributed by atoms with van der Waals surface area (Å²) in [7, 11) is 0. The van der Waals surface area contributed by atoms with E-state index in [1.54, 1.807) is 11.3 Å². The molecule has 0 aliphatic rings. The van der Waals surface area contributed by atoms with Crippen molar-refractivity contribution in [3.63, 3.8) is 0 Å². The second-order valence-electron chi connectivity index (χ2n) is 8.37. The summed E-state index contributed by atoms with van der Waals surface area (Å²) in [5.41, 5.74) is 3.66. The fourth-order valence-electron chi connectivity index (χ4n) is 3.70. The van der Waals surface area contributed by atoms with E-state index in [4.69, 9.17) is 9.72 Å². The minimum Gasteiger partial charge on any atom is -0.455 e. The number of aromatic nitrogens is 1. The van der Waals surface area contributed by atoms with Crippen LogP contribution in [0.25, 0.3) is 10.2 Å². The lowest BCUT2D eigenvalue weighted by molar-refractivity contribution is -0.153. The Morgan fingerprint density at radius 1 is 0.970 bits per heavy atom. The third-order valence-corrected chi connectivity index (χ3v) is 6.87. The minimum absolute atomic E-state index is 0.353. The average Bonchev–Trinajstić information content (AvgIpc) is 3.22. The van der Waals surface area contributed by atoms with Crippen LogP contribution >= 0.6 is 11.3 Å². The maximum Gasteiger partial charge on any atom is 0.317 e. The van der Waals surface area contributed by atoms with Gasteiger partial charge in [-0.15, -0.1) is 11.3 Å². The maximum absolute atomic E-state index is 13.3. The molecule has 0 bridgehead atoms. The van der Waals surface area contributed by atoms with Crippen molar-refractivity contribution in [1.82, 2.24) is 4.98 Å². The molecule has 5 nitrogen and oxygen atoms in total. The van der Waals surface area contributed by atoms with Gasteiger partial charge in [-0.25, -0.2) is 4.98 Å². The van der Waals surface area contributed by atoms with Gasteiger partial charge in [-0.3, -0.25) is 9.59 Å². The summed E-state index contributed by atoms with van der Waals surface area (Å²) in [6.07, 6.45) is 0.383. The zero-order valence-electron chi connectivity index (χ0n) is 18.9. The van der Waals surface area contributed by atoms with Crippen LogP contribution in [0.3, 0.4) is 0 Å². The molecule has 6 heteroatoms. The van der Waals surface area contributed by atoms with E-state index in [0.29, 0.717) is 12.1 Å². The predicted octanol–water partition coefficient (Wildman–Crippen LogP) is 5.60. The van der Waals surface area contributed by atoms with Gasteiger partial charge in [-0.1, -0.05) is 48.5 Å². The Kier molecular flexibility index (Phi) is 6.56. The number of nitrogens with zero attached hydrogens (tertiary/aromatic N) is 1. The Balaban J connectivity index is 1.51. The molecule has 4 rings (SSSR count). The molecule has 1 amide bonds. The highest BCUT2D eigenvalue weighted by Gasteiger charge is 2.38. The molecule has 0 aliphatic heterocycles. The largest absolute Gasteiger partial charge is 0.455 e. The van der Waals surface area contributed by atoms with Crippen molar-refractivity contribution in [3.05, 3.63) is 94.5 Å². The van der Waals surface area contributed by atoms with E-state index in [1.165, 1.54) is 0 Å². The van der Waals surface area contributed by atoms with E-state index in [9.17, 15) is 9.59 Å². The van der Waals surface area contributed by atoms with Crippen LogP contribution in [-0.2, 0) is 26.2 Å². The lowest BCUT2D eigenvalue weighted by Gasteiger charge is -2.27. The second-order valence-corrected chi connectivity index (χ2v) is 9.49. The van der Waals surface area contributed by atoms with Crippen molar-refractivity contribution in [2.45, 2.75) is 32.6 Å². The molecule has 3 aromatic carbocycles. The number of para-hydroxylation sites is 1. The molecule has 33 heavy (non-hydrogen) atoms. The summed E-state index contributed by atoms with van der Waals surface area (Å²) in [6.45, 7) is 5.49. The number of carbonyl (C=O) groups is 2. The van der Waals surface area contributed by atoms with E-state index in [2.05, 4.69) is 5.32 Å². The summed E-state index contributed by atoms with van der Waals surface area (Å²) in [5.74, 6) is -0.829. The number of fused-ring (bicyclic) bond motifs is 1. The van der Waals surface area contributed by atoms with Crippen molar-refractivity contribution in [1.29, 1.82) is 0 Å². The van der Waals surface area contributed by atoms with Crippen LogP contribution in [0, 0.1) is 13.8 Å². The highest BCUT2D eigenvalue weighted by molar-refractivity contribution is 7.18. The van der Waals surface area contributed by atoms with Crippen LogP contribution in [0.15, 0.2) is 72.8 Å². The molecule has 1 N–H and O–H groups in total.